The molecule has 25 heavy (non-hydrogen) atoms. The van der Waals surface area contributed by atoms with Crippen LogP contribution in [0.3, 0.4) is 0 Å². The van der Waals surface area contributed by atoms with Crippen LogP contribution in [0.15, 0.2) is 29.1 Å². The molecule has 1 heterocycles. The minimum Gasteiger partial charge on any atom is -0.460 e. The van der Waals surface area contributed by atoms with Gasteiger partial charge < -0.3 is 9.47 Å². The van der Waals surface area contributed by atoms with Crippen LogP contribution in [0.25, 0.3) is 10.9 Å². The minimum atomic E-state index is -0.446. The number of aromatic nitrogens is 3. The van der Waals surface area contributed by atoms with Crippen LogP contribution < -0.4 is 5.56 Å². The predicted octanol–water partition coefficient (Wildman–Crippen LogP) is 1.68. The van der Waals surface area contributed by atoms with E-state index in [1.54, 1.807) is 24.3 Å². The van der Waals surface area contributed by atoms with Crippen molar-refractivity contribution in [1.29, 1.82) is 0 Å². The molecule has 0 amide bonds. The van der Waals surface area contributed by atoms with Gasteiger partial charge in [-0.2, -0.15) is 4.68 Å². The second-order valence-corrected chi connectivity index (χ2v) is 6.81. The zero-order valence-corrected chi connectivity index (χ0v) is 14.2. The van der Waals surface area contributed by atoms with E-state index in [1.165, 1.54) is 0 Å². The monoisotopic (exact) mass is 343 g/mol. The number of benzene rings is 1. The first-order valence-electron chi connectivity index (χ1n) is 8.77. The van der Waals surface area contributed by atoms with E-state index in [2.05, 4.69) is 10.3 Å². The molecule has 2 aliphatic rings. The second kappa shape index (κ2) is 6.22. The molecule has 2 aromatic rings. The highest BCUT2D eigenvalue weighted by Crippen LogP contribution is 2.58. The molecule has 0 unspecified atom stereocenters. The van der Waals surface area contributed by atoms with Crippen LogP contribution in [-0.2, 0) is 20.8 Å². The number of hydrogen-bond donors (Lipinski definition) is 0. The first-order valence-corrected chi connectivity index (χ1v) is 8.77. The summed E-state index contributed by atoms with van der Waals surface area (Å²) in [6, 6.07) is 6.94. The van der Waals surface area contributed by atoms with Crippen LogP contribution >= 0.6 is 0 Å². The number of ether oxygens (including phenoxy) is 2. The van der Waals surface area contributed by atoms with Crippen molar-refractivity contribution in [3.05, 3.63) is 34.6 Å². The quantitative estimate of drug-likeness (QED) is 0.768. The average molecular weight is 343 g/mol. The Hall–Kier alpha value is -2.28. The molecule has 0 radical (unpaired) electrons. The molecule has 7 nitrogen and oxygen atoms in total. The van der Waals surface area contributed by atoms with Gasteiger partial charge >= 0.3 is 5.97 Å². The van der Waals surface area contributed by atoms with Gasteiger partial charge in [0.2, 0.25) is 0 Å². The molecule has 0 aliphatic heterocycles. The Bertz CT molecular complexity index is 859. The smallest absolute Gasteiger partial charge is 0.328 e. The number of nitrogens with zero attached hydrogens (tertiary/aromatic N) is 3. The summed E-state index contributed by atoms with van der Waals surface area (Å²) in [5.74, 6) is -0.446. The van der Waals surface area contributed by atoms with Gasteiger partial charge in [-0.25, -0.2) is 0 Å². The van der Waals surface area contributed by atoms with E-state index in [0.717, 1.165) is 30.4 Å². The summed E-state index contributed by atoms with van der Waals surface area (Å²) in [7, 11) is 0. The Kier molecular flexibility index (Phi) is 4.03. The van der Waals surface area contributed by atoms with Gasteiger partial charge in [0.15, 0.2) is 0 Å². The van der Waals surface area contributed by atoms with Crippen molar-refractivity contribution in [1.82, 2.24) is 15.0 Å². The summed E-state index contributed by atoms with van der Waals surface area (Å²) in [6.45, 7) is 2.44. The third-order valence-electron chi connectivity index (χ3n) is 5.54. The number of carbonyl (C=O) groups is 1. The van der Waals surface area contributed by atoms with Crippen molar-refractivity contribution >= 4 is 16.9 Å². The molecule has 0 bridgehead atoms. The maximum atomic E-state index is 12.4. The maximum absolute atomic E-state index is 12.4. The van der Waals surface area contributed by atoms with Crippen LogP contribution in [0.1, 0.15) is 32.6 Å². The largest absolute Gasteiger partial charge is 0.460 e. The van der Waals surface area contributed by atoms with Crippen LogP contribution in [0.5, 0.6) is 0 Å². The van der Waals surface area contributed by atoms with Gasteiger partial charge in [0.05, 0.1) is 11.5 Å². The summed E-state index contributed by atoms with van der Waals surface area (Å²) in [5, 5.41) is 8.27. The van der Waals surface area contributed by atoms with Crippen molar-refractivity contribution in [2.24, 2.45) is 5.41 Å². The lowest BCUT2D eigenvalue weighted by Gasteiger charge is -2.59. The average Bonchev–Trinajstić information content (AvgIpc) is 2.55. The van der Waals surface area contributed by atoms with Gasteiger partial charge in [-0.3, -0.25) is 9.59 Å². The van der Waals surface area contributed by atoms with E-state index in [-0.39, 0.29) is 29.7 Å². The highest BCUT2D eigenvalue weighted by atomic mass is 16.6. The minimum absolute atomic E-state index is 0.00824. The molecular weight excluding hydrogens is 322 g/mol. The zero-order valence-electron chi connectivity index (χ0n) is 14.2. The molecule has 2 atom stereocenters. The SMILES string of the molecule is CCO[C@@H]1C[C@H](OC(=O)Cn2nnc3ccccc3c2=O)C12CCC2. The maximum Gasteiger partial charge on any atom is 0.328 e. The molecule has 2 aliphatic carbocycles. The molecule has 1 spiro atoms. The summed E-state index contributed by atoms with van der Waals surface area (Å²) in [4.78, 5) is 24.7. The Labute approximate surface area is 144 Å². The van der Waals surface area contributed by atoms with E-state index >= 15 is 0 Å². The van der Waals surface area contributed by atoms with Crippen molar-refractivity contribution in [3.63, 3.8) is 0 Å². The third-order valence-corrected chi connectivity index (χ3v) is 5.54. The fourth-order valence-corrected chi connectivity index (χ4v) is 3.99. The number of rotatable bonds is 5. The van der Waals surface area contributed by atoms with Gasteiger partial charge in [-0.05, 0) is 31.9 Å². The van der Waals surface area contributed by atoms with Crippen LogP contribution in [-0.4, -0.2) is 39.8 Å². The summed E-state index contributed by atoms with van der Waals surface area (Å²) >= 11 is 0. The molecule has 1 aromatic carbocycles. The van der Waals surface area contributed by atoms with Crippen molar-refractivity contribution in [2.45, 2.75) is 51.4 Å². The van der Waals surface area contributed by atoms with Crippen LogP contribution in [0.4, 0.5) is 0 Å². The van der Waals surface area contributed by atoms with Gasteiger partial charge in [-0.15, -0.1) is 5.10 Å². The first-order chi connectivity index (χ1) is 12.1. The lowest BCUT2D eigenvalue weighted by Crippen LogP contribution is -2.63. The van der Waals surface area contributed by atoms with E-state index < -0.39 is 5.97 Å². The van der Waals surface area contributed by atoms with Gasteiger partial charge in [0, 0.05) is 18.4 Å². The number of carbonyl (C=O) groups excluding carboxylic acids is 1. The molecular formula is C18H21N3O4. The van der Waals surface area contributed by atoms with Crippen molar-refractivity contribution in [2.75, 3.05) is 6.61 Å². The highest BCUT2D eigenvalue weighted by Gasteiger charge is 2.61. The molecule has 0 saturated heterocycles. The van der Waals surface area contributed by atoms with Gasteiger partial charge in [-0.1, -0.05) is 23.8 Å². The number of hydrogen-bond acceptors (Lipinski definition) is 6. The Balaban J connectivity index is 1.45. The van der Waals surface area contributed by atoms with E-state index in [4.69, 9.17) is 9.47 Å². The van der Waals surface area contributed by atoms with Crippen molar-refractivity contribution < 1.29 is 14.3 Å². The molecule has 0 N–H and O–H groups in total. The van der Waals surface area contributed by atoms with E-state index in [0.29, 0.717) is 17.5 Å². The lowest BCUT2D eigenvalue weighted by atomic mass is 9.52. The van der Waals surface area contributed by atoms with Gasteiger partial charge in [0.25, 0.3) is 5.56 Å². The molecule has 1 aromatic heterocycles. The molecule has 4 rings (SSSR count). The van der Waals surface area contributed by atoms with Crippen molar-refractivity contribution in [3.8, 4) is 0 Å². The van der Waals surface area contributed by atoms with E-state index in [1.807, 2.05) is 6.92 Å². The van der Waals surface area contributed by atoms with Crippen LogP contribution in [0, 0.1) is 5.41 Å². The zero-order chi connectivity index (χ0) is 17.4. The Morgan fingerprint density at radius 3 is 2.84 bits per heavy atom. The summed E-state index contributed by atoms with van der Waals surface area (Å²) in [6.07, 6.45) is 4.02. The summed E-state index contributed by atoms with van der Waals surface area (Å²) in [5.41, 5.74) is 0.178. The second-order valence-electron chi connectivity index (χ2n) is 6.81. The highest BCUT2D eigenvalue weighted by molar-refractivity contribution is 5.77. The normalized spacial score (nSPS) is 23.9. The summed E-state index contributed by atoms with van der Waals surface area (Å²) < 4.78 is 12.5. The standard InChI is InChI=1S/C18H21N3O4/c1-2-24-14-10-15(18(14)8-5-9-18)25-16(22)11-21-17(23)12-6-3-4-7-13(12)19-20-21/h3-4,6-7,14-15H,2,5,8-11H2,1H3/t14-,15+/m1/s1. The fourth-order valence-electron chi connectivity index (χ4n) is 3.99. The Morgan fingerprint density at radius 1 is 1.32 bits per heavy atom. The van der Waals surface area contributed by atoms with Crippen LogP contribution in [0.2, 0.25) is 0 Å². The van der Waals surface area contributed by atoms with E-state index in [9.17, 15) is 9.59 Å². The third kappa shape index (κ3) is 2.63. The topological polar surface area (TPSA) is 83.3 Å². The Morgan fingerprint density at radius 2 is 2.12 bits per heavy atom. The lowest BCUT2D eigenvalue weighted by molar-refractivity contribution is -0.239. The molecule has 132 valence electrons. The predicted molar refractivity (Wildman–Crippen MR) is 90.0 cm³/mol. The fraction of sp³-hybridized carbons (Fsp3) is 0.556. The molecule has 7 heteroatoms. The number of fused-ring (bicyclic) bond motifs is 1. The molecule has 2 fully saturated rings. The van der Waals surface area contributed by atoms with Gasteiger partial charge in [0.1, 0.15) is 18.2 Å². The number of esters is 1. The first kappa shape index (κ1) is 16.2. The molecule has 2 saturated carbocycles.